The lowest BCUT2D eigenvalue weighted by Gasteiger charge is -2.23. The van der Waals surface area contributed by atoms with Crippen LogP contribution in [0.5, 0.6) is 0 Å². The monoisotopic (exact) mass is 296 g/mol. The lowest BCUT2D eigenvalue weighted by molar-refractivity contribution is -0.129. The van der Waals surface area contributed by atoms with Crippen molar-refractivity contribution < 1.29 is 9.59 Å². The van der Waals surface area contributed by atoms with Gasteiger partial charge in [0.1, 0.15) is 6.04 Å². The van der Waals surface area contributed by atoms with Gasteiger partial charge in [-0.2, -0.15) is 0 Å². The Kier molecular flexibility index (Phi) is 5.74. The van der Waals surface area contributed by atoms with E-state index in [9.17, 15) is 9.59 Å². The van der Waals surface area contributed by atoms with Crippen LogP contribution in [0.3, 0.4) is 0 Å². The lowest BCUT2D eigenvalue weighted by atomic mass is 10.0. The fourth-order valence-corrected chi connectivity index (χ4v) is 3.24. The Morgan fingerprint density at radius 2 is 1.75 bits per heavy atom. The van der Waals surface area contributed by atoms with Crippen LogP contribution in [0.15, 0.2) is 6.07 Å². The van der Waals surface area contributed by atoms with E-state index in [0.717, 1.165) is 5.56 Å². The molecule has 1 rings (SSSR count). The average Bonchev–Trinajstić information content (AvgIpc) is 2.64. The smallest absolute Gasteiger partial charge is 0.243 e. The molecule has 0 saturated carbocycles. The molecule has 1 aromatic rings. The summed E-state index contributed by atoms with van der Waals surface area (Å²) in [6.07, 6.45) is 0. The quantitative estimate of drug-likeness (QED) is 0.877. The molecule has 1 heterocycles. The molecule has 0 radical (unpaired) electrons. The standard InChI is InChI=1S/C15H24N2O2S/c1-8(2)14(17-12(6)18)15(19)16-10(4)13-7-9(3)20-11(13)5/h7-8,10,14H,1-6H3,(H,16,19)(H,17,18)/t10-,14+/m1/s1. The Labute approximate surface area is 125 Å². The zero-order valence-electron chi connectivity index (χ0n) is 13.0. The SMILES string of the molecule is CC(=O)N[C@H](C(=O)N[C@H](C)c1cc(C)sc1C)C(C)C. The largest absolute Gasteiger partial charge is 0.348 e. The zero-order chi connectivity index (χ0) is 15.4. The molecular weight excluding hydrogens is 272 g/mol. The van der Waals surface area contributed by atoms with Gasteiger partial charge in [0.15, 0.2) is 0 Å². The van der Waals surface area contributed by atoms with Crippen molar-refractivity contribution in [2.75, 3.05) is 0 Å². The topological polar surface area (TPSA) is 58.2 Å². The molecule has 2 atom stereocenters. The van der Waals surface area contributed by atoms with Gasteiger partial charge in [-0.1, -0.05) is 13.8 Å². The van der Waals surface area contributed by atoms with E-state index in [1.165, 1.54) is 16.7 Å². The number of hydrogen-bond acceptors (Lipinski definition) is 3. The van der Waals surface area contributed by atoms with Crippen LogP contribution >= 0.6 is 11.3 Å². The molecule has 0 aliphatic heterocycles. The van der Waals surface area contributed by atoms with Gasteiger partial charge in [0.05, 0.1) is 6.04 Å². The molecule has 0 aliphatic rings. The Balaban J connectivity index is 2.77. The summed E-state index contributed by atoms with van der Waals surface area (Å²) < 4.78 is 0. The summed E-state index contributed by atoms with van der Waals surface area (Å²) in [7, 11) is 0. The second kappa shape index (κ2) is 6.88. The summed E-state index contributed by atoms with van der Waals surface area (Å²) in [5, 5.41) is 5.70. The zero-order valence-corrected chi connectivity index (χ0v) is 13.9. The number of rotatable bonds is 5. The third-order valence-electron chi connectivity index (χ3n) is 3.21. The first-order valence-electron chi connectivity index (χ1n) is 6.86. The minimum Gasteiger partial charge on any atom is -0.348 e. The van der Waals surface area contributed by atoms with E-state index in [1.54, 1.807) is 11.3 Å². The summed E-state index contributed by atoms with van der Waals surface area (Å²) in [6, 6.07) is 1.56. The number of thiophene rings is 1. The van der Waals surface area contributed by atoms with E-state index in [-0.39, 0.29) is 23.8 Å². The van der Waals surface area contributed by atoms with Gasteiger partial charge in [-0.25, -0.2) is 0 Å². The molecule has 1 aromatic heterocycles. The number of nitrogens with one attached hydrogen (secondary N) is 2. The fourth-order valence-electron chi connectivity index (χ4n) is 2.22. The van der Waals surface area contributed by atoms with Crippen LogP contribution in [0.1, 0.15) is 49.1 Å². The van der Waals surface area contributed by atoms with Gasteiger partial charge in [-0.05, 0) is 38.3 Å². The van der Waals surface area contributed by atoms with E-state index in [4.69, 9.17) is 0 Å². The maximum Gasteiger partial charge on any atom is 0.243 e. The van der Waals surface area contributed by atoms with E-state index in [0.29, 0.717) is 0 Å². The van der Waals surface area contributed by atoms with Crippen LogP contribution in [0.2, 0.25) is 0 Å². The van der Waals surface area contributed by atoms with Crippen LogP contribution in [0.25, 0.3) is 0 Å². The minimum absolute atomic E-state index is 0.0522. The molecule has 2 N–H and O–H groups in total. The molecule has 0 aromatic carbocycles. The molecule has 112 valence electrons. The number of carbonyl (C=O) groups is 2. The Morgan fingerprint density at radius 1 is 1.15 bits per heavy atom. The van der Waals surface area contributed by atoms with Crippen LogP contribution < -0.4 is 10.6 Å². The summed E-state index contributed by atoms with van der Waals surface area (Å²) >= 11 is 1.73. The molecule has 0 bridgehead atoms. The van der Waals surface area contributed by atoms with E-state index < -0.39 is 6.04 Å². The lowest BCUT2D eigenvalue weighted by Crippen LogP contribution is -2.49. The van der Waals surface area contributed by atoms with Crippen molar-refractivity contribution in [2.24, 2.45) is 5.92 Å². The van der Waals surface area contributed by atoms with Crippen LogP contribution in [-0.2, 0) is 9.59 Å². The third kappa shape index (κ3) is 4.34. The molecule has 2 amide bonds. The molecule has 0 aliphatic carbocycles. The maximum atomic E-state index is 12.3. The van der Waals surface area contributed by atoms with E-state index >= 15 is 0 Å². The first-order valence-corrected chi connectivity index (χ1v) is 7.68. The van der Waals surface area contributed by atoms with Gasteiger partial charge in [-0.15, -0.1) is 11.3 Å². The van der Waals surface area contributed by atoms with Crippen molar-refractivity contribution >= 4 is 23.2 Å². The molecular formula is C15H24N2O2S. The highest BCUT2D eigenvalue weighted by atomic mass is 32.1. The van der Waals surface area contributed by atoms with Crippen molar-refractivity contribution in [3.05, 3.63) is 21.4 Å². The first-order chi connectivity index (χ1) is 9.22. The molecule has 5 heteroatoms. The summed E-state index contributed by atoms with van der Waals surface area (Å²) in [4.78, 5) is 25.9. The maximum absolute atomic E-state index is 12.3. The molecule has 0 unspecified atom stereocenters. The highest BCUT2D eigenvalue weighted by Gasteiger charge is 2.25. The van der Waals surface area contributed by atoms with Crippen LogP contribution in [-0.4, -0.2) is 17.9 Å². The second-order valence-corrected chi connectivity index (χ2v) is 6.98. The molecule has 0 saturated heterocycles. The predicted molar refractivity (Wildman–Crippen MR) is 82.8 cm³/mol. The summed E-state index contributed by atoms with van der Waals surface area (Å²) in [5.41, 5.74) is 1.14. The van der Waals surface area contributed by atoms with Gasteiger partial charge in [0.25, 0.3) is 0 Å². The molecule has 0 spiro atoms. The highest BCUT2D eigenvalue weighted by molar-refractivity contribution is 7.12. The number of amides is 2. The molecule has 20 heavy (non-hydrogen) atoms. The third-order valence-corrected chi connectivity index (χ3v) is 4.19. The second-order valence-electron chi connectivity index (χ2n) is 5.52. The normalized spacial score (nSPS) is 13.9. The molecule has 4 nitrogen and oxygen atoms in total. The highest BCUT2D eigenvalue weighted by Crippen LogP contribution is 2.26. The summed E-state index contributed by atoms with van der Waals surface area (Å²) in [5.74, 6) is -0.267. The Morgan fingerprint density at radius 3 is 2.15 bits per heavy atom. The van der Waals surface area contributed by atoms with Gasteiger partial charge in [0, 0.05) is 16.7 Å². The summed E-state index contributed by atoms with van der Waals surface area (Å²) in [6.45, 7) is 11.4. The number of aryl methyl sites for hydroxylation is 2. The number of hydrogen-bond donors (Lipinski definition) is 2. The fraction of sp³-hybridized carbons (Fsp3) is 0.600. The van der Waals surface area contributed by atoms with Crippen molar-refractivity contribution in [1.29, 1.82) is 0 Å². The van der Waals surface area contributed by atoms with Gasteiger partial charge in [0.2, 0.25) is 11.8 Å². The van der Waals surface area contributed by atoms with Gasteiger partial charge in [-0.3, -0.25) is 9.59 Å². The first kappa shape index (κ1) is 16.7. The van der Waals surface area contributed by atoms with Gasteiger partial charge < -0.3 is 10.6 Å². The van der Waals surface area contributed by atoms with Crippen LogP contribution in [0, 0.1) is 19.8 Å². The Hall–Kier alpha value is -1.36. The van der Waals surface area contributed by atoms with E-state index in [2.05, 4.69) is 30.5 Å². The number of carbonyl (C=O) groups excluding carboxylic acids is 2. The van der Waals surface area contributed by atoms with Crippen molar-refractivity contribution in [2.45, 2.75) is 53.6 Å². The predicted octanol–water partition coefficient (Wildman–Crippen LogP) is 2.70. The minimum atomic E-state index is -0.491. The van der Waals surface area contributed by atoms with Gasteiger partial charge >= 0.3 is 0 Å². The van der Waals surface area contributed by atoms with Crippen molar-refractivity contribution in [3.8, 4) is 0 Å². The van der Waals surface area contributed by atoms with Crippen molar-refractivity contribution in [3.63, 3.8) is 0 Å². The molecule has 0 fully saturated rings. The van der Waals surface area contributed by atoms with Crippen molar-refractivity contribution in [1.82, 2.24) is 10.6 Å². The average molecular weight is 296 g/mol. The Bertz CT molecular complexity index is 494. The van der Waals surface area contributed by atoms with Crippen LogP contribution in [0.4, 0.5) is 0 Å². The van der Waals surface area contributed by atoms with E-state index in [1.807, 2.05) is 20.8 Å².